The van der Waals surface area contributed by atoms with Crippen LogP contribution in [0.15, 0.2) is 36.5 Å². The molecule has 4 heterocycles. The van der Waals surface area contributed by atoms with Gasteiger partial charge in [0.2, 0.25) is 0 Å². The highest BCUT2D eigenvalue weighted by molar-refractivity contribution is 5.89. The number of rotatable bonds is 3. The summed E-state index contributed by atoms with van der Waals surface area (Å²) in [5, 5.41) is 12.2. The summed E-state index contributed by atoms with van der Waals surface area (Å²) in [7, 11) is 2.13. The van der Waals surface area contributed by atoms with Gasteiger partial charge in [0.05, 0.1) is 53.6 Å². The van der Waals surface area contributed by atoms with Gasteiger partial charge in [0, 0.05) is 13.2 Å². The third-order valence-electron chi connectivity index (χ3n) is 9.64. The Hall–Kier alpha value is -2.97. The van der Waals surface area contributed by atoms with Crippen LogP contribution >= 0.6 is 0 Å². The summed E-state index contributed by atoms with van der Waals surface area (Å²) in [6, 6.07) is 11.0. The second kappa shape index (κ2) is 9.35. The first-order chi connectivity index (χ1) is 18.2. The summed E-state index contributed by atoms with van der Waals surface area (Å²) in [5.74, 6) is 1.73. The molecule has 38 heavy (non-hydrogen) atoms. The van der Waals surface area contributed by atoms with Crippen LogP contribution in [0.3, 0.4) is 0 Å². The number of pyridine rings is 1. The summed E-state index contributed by atoms with van der Waals surface area (Å²) < 4.78 is 2.25. The number of likely N-dealkylation sites (tertiary alicyclic amines) is 1. The van der Waals surface area contributed by atoms with Gasteiger partial charge in [-0.25, -0.2) is 4.98 Å². The smallest absolute Gasteiger partial charge is 0.257 e. The third kappa shape index (κ3) is 4.00. The van der Waals surface area contributed by atoms with Crippen LogP contribution in [0.5, 0.6) is 0 Å². The van der Waals surface area contributed by atoms with Gasteiger partial charge in [-0.15, -0.1) is 0 Å². The maximum atomic E-state index is 12.2. The number of piperazine rings is 1. The molecule has 3 aliphatic rings. The predicted molar refractivity (Wildman–Crippen MR) is 147 cm³/mol. The number of piperidine rings is 1. The number of para-hydroxylation sites is 1. The molecule has 0 spiro atoms. The third-order valence-corrected chi connectivity index (χ3v) is 9.64. The standard InChI is InChI=1S/C30H40N6O2/c1-30(2,3)36(29(37)38)18-16-34(17-19-36)24-11-5-10-23-28(24)33(4)25(32-23)20-35-15-7-9-22-13-12-21-8-6-14-31-26(21)27(22)35/h5-6,8,10-11,14,22,27H,7,9,12-13,15-20H2,1-4H3/t22-,27-/m0/s1. The number of carbonyl (C=O) groups excluding carboxylic acids is 1. The van der Waals surface area contributed by atoms with E-state index in [4.69, 9.17) is 9.97 Å². The monoisotopic (exact) mass is 516 g/mol. The SMILES string of the molecule is Cn1c(CN2CCC[C@H]3CCc4cccnc4[C@H]32)nc2cccc(N3CC[N+](C(=O)[O-])(C(C)(C)C)CC3)c21. The first-order valence-electron chi connectivity index (χ1n) is 14.2. The molecular weight excluding hydrogens is 476 g/mol. The lowest BCUT2D eigenvalue weighted by atomic mass is 9.77. The van der Waals surface area contributed by atoms with E-state index in [1.165, 1.54) is 30.5 Å². The number of benzene rings is 1. The number of aromatic nitrogens is 3. The molecule has 2 atom stereocenters. The zero-order valence-electron chi connectivity index (χ0n) is 23.2. The average Bonchev–Trinajstić information content (AvgIpc) is 3.23. The topological polar surface area (TPSA) is 77.3 Å². The number of aryl methyl sites for hydroxylation is 2. The number of quaternary nitrogens is 1. The van der Waals surface area contributed by atoms with E-state index in [1.807, 2.05) is 27.0 Å². The van der Waals surface area contributed by atoms with Crippen molar-refractivity contribution in [3.63, 3.8) is 0 Å². The molecule has 2 saturated heterocycles. The molecule has 1 aromatic carbocycles. The highest BCUT2D eigenvalue weighted by Crippen LogP contribution is 2.43. The van der Waals surface area contributed by atoms with Crippen LogP contribution in [-0.4, -0.2) is 68.3 Å². The fourth-order valence-corrected chi connectivity index (χ4v) is 7.35. The summed E-state index contributed by atoms with van der Waals surface area (Å²) in [6.07, 6.45) is 5.84. The Balaban J connectivity index is 1.29. The zero-order chi connectivity index (χ0) is 26.7. The van der Waals surface area contributed by atoms with Gasteiger partial charge in [-0.05, 0) is 82.7 Å². The molecule has 8 nitrogen and oxygen atoms in total. The first-order valence-corrected chi connectivity index (χ1v) is 14.2. The fourth-order valence-electron chi connectivity index (χ4n) is 7.35. The van der Waals surface area contributed by atoms with E-state index in [9.17, 15) is 9.90 Å². The summed E-state index contributed by atoms with van der Waals surface area (Å²) in [4.78, 5) is 27.1. The van der Waals surface area contributed by atoms with Crippen LogP contribution in [0, 0.1) is 5.92 Å². The quantitative estimate of drug-likeness (QED) is 0.495. The van der Waals surface area contributed by atoms with Gasteiger partial charge in [0.25, 0.3) is 6.09 Å². The Morgan fingerprint density at radius 1 is 1.11 bits per heavy atom. The maximum Gasteiger partial charge on any atom is 0.257 e. The summed E-state index contributed by atoms with van der Waals surface area (Å²) in [6.45, 7) is 10.2. The van der Waals surface area contributed by atoms with Crippen molar-refractivity contribution in [2.45, 2.75) is 64.6 Å². The Bertz CT molecular complexity index is 1350. The Kier molecular flexibility index (Phi) is 6.23. The zero-order valence-corrected chi connectivity index (χ0v) is 23.2. The number of hydrogen-bond donors (Lipinski definition) is 0. The van der Waals surface area contributed by atoms with Crippen molar-refractivity contribution in [1.82, 2.24) is 19.4 Å². The molecule has 1 amide bonds. The van der Waals surface area contributed by atoms with E-state index >= 15 is 0 Å². The number of fused-ring (bicyclic) bond motifs is 4. The van der Waals surface area contributed by atoms with E-state index < -0.39 is 11.6 Å². The molecule has 0 N–H and O–H groups in total. The Morgan fingerprint density at radius 2 is 1.89 bits per heavy atom. The first kappa shape index (κ1) is 25.3. The largest absolute Gasteiger partial charge is 0.498 e. The Labute approximate surface area is 225 Å². The number of carbonyl (C=O) groups is 1. The lowest BCUT2D eigenvalue weighted by molar-refractivity contribution is -0.920. The van der Waals surface area contributed by atoms with E-state index in [-0.39, 0.29) is 4.48 Å². The van der Waals surface area contributed by atoms with Crippen LogP contribution in [0.1, 0.15) is 63.2 Å². The highest BCUT2D eigenvalue weighted by Gasteiger charge is 2.45. The predicted octanol–water partition coefficient (Wildman–Crippen LogP) is 3.65. The van der Waals surface area contributed by atoms with Gasteiger partial charge in [-0.1, -0.05) is 12.1 Å². The van der Waals surface area contributed by atoms with Crippen LogP contribution in [0.4, 0.5) is 10.5 Å². The number of hydrogen-bond acceptors (Lipinski definition) is 6. The van der Waals surface area contributed by atoms with Crippen molar-refractivity contribution in [3.05, 3.63) is 53.6 Å². The molecule has 0 saturated carbocycles. The van der Waals surface area contributed by atoms with Crippen molar-refractivity contribution >= 4 is 22.8 Å². The molecule has 8 heteroatoms. The van der Waals surface area contributed by atoms with Gasteiger partial charge < -0.3 is 19.4 Å². The fraction of sp³-hybridized carbons (Fsp3) is 0.567. The van der Waals surface area contributed by atoms with E-state index in [0.717, 1.165) is 42.1 Å². The second-order valence-electron chi connectivity index (χ2n) is 12.5. The molecule has 0 unspecified atom stereocenters. The Morgan fingerprint density at radius 3 is 2.63 bits per heavy atom. The number of carboxylic acid groups (broad SMARTS) is 1. The van der Waals surface area contributed by atoms with E-state index in [2.05, 4.69) is 51.7 Å². The van der Waals surface area contributed by atoms with Crippen LogP contribution in [-0.2, 0) is 20.0 Å². The van der Waals surface area contributed by atoms with Gasteiger partial charge in [0.15, 0.2) is 0 Å². The van der Waals surface area contributed by atoms with Crippen LogP contribution in [0.25, 0.3) is 11.0 Å². The molecule has 2 aliphatic heterocycles. The number of nitrogens with zero attached hydrogens (tertiary/aromatic N) is 6. The maximum absolute atomic E-state index is 12.2. The molecule has 1 aliphatic carbocycles. The molecule has 202 valence electrons. The minimum Gasteiger partial charge on any atom is -0.498 e. The van der Waals surface area contributed by atoms with Gasteiger partial charge in [-0.2, -0.15) is 0 Å². The van der Waals surface area contributed by atoms with Crippen molar-refractivity contribution in [2.24, 2.45) is 13.0 Å². The van der Waals surface area contributed by atoms with Gasteiger partial charge in [0.1, 0.15) is 18.9 Å². The normalized spacial score (nSPS) is 23.7. The summed E-state index contributed by atoms with van der Waals surface area (Å²) in [5.41, 5.74) is 5.52. The molecule has 0 bridgehead atoms. The van der Waals surface area contributed by atoms with Crippen molar-refractivity contribution in [3.8, 4) is 0 Å². The molecule has 2 fully saturated rings. The van der Waals surface area contributed by atoms with Gasteiger partial charge >= 0.3 is 0 Å². The van der Waals surface area contributed by atoms with Crippen LogP contribution < -0.4 is 10.0 Å². The van der Waals surface area contributed by atoms with Crippen molar-refractivity contribution in [1.29, 1.82) is 0 Å². The highest BCUT2D eigenvalue weighted by atomic mass is 16.4. The number of anilines is 1. The number of amides is 1. The van der Waals surface area contributed by atoms with Crippen molar-refractivity contribution in [2.75, 3.05) is 37.6 Å². The van der Waals surface area contributed by atoms with Gasteiger partial charge in [-0.3, -0.25) is 14.4 Å². The molecular formula is C30H40N6O2. The molecule has 6 rings (SSSR count). The van der Waals surface area contributed by atoms with E-state index in [0.29, 0.717) is 38.1 Å². The molecule has 0 radical (unpaired) electrons. The number of imidazole rings is 1. The minimum atomic E-state index is -0.975. The second-order valence-corrected chi connectivity index (χ2v) is 12.5. The lowest BCUT2D eigenvalue weighted by Crippen LogP contribution is -2.73. The minimum absolute atomic E-state index is 0.0108. The van der Waals surface area contributed by atoms with Crippen molar-refractivity contribution < 1.29 is 14.4 Å². The van der Waals surface area contributed by atoms with Crippen LogP contribution in [0.2, 0.25) is 0 Å². The lowest BCUT2D eigenvalue weighted by Gasteiger charge is -2.52. The summed E-state index contributed by atoms with van der Waals surface area (Å²) >= 11 is 0. The molecule has 2 aromatic heterocycles. The molecule has 3 aromatic rings. The average molecular weight is 517 g/mol. The van der Waals surface area contributed by atoms with E-state index in [1.54, 1.807) is 0 Å².